The van der Waals surface area contributed by atoms with Crippen molar-refractivity contribution in [2.45, 2.75) is 44.9 Å². The molecule has 3 saturated heterocycles. The van der Waals surface area contributed by atoms with Crippen molar-refractivity contribution >= 4 is 11.6 Å². The Labute approximate surface area is 159 Å². The minimum Gasteiger partial charge on any atom is -0.384 e. The van der Waals surface area contributed by atoms with Gasteiger partial charge in [0.15, 0.2) is 0 Å². The van der Waals surface area contributed by atoms with Gasteiger partial charge in [-0.1, -0.05) is 23.4 Å². The van der Waals surface area contributed by atoms with E-state index in [2.05, 4.69) is 15.6 Å². The average Bonchev–Trinajstić information content (AvgIpc) is 3.12. The smallest absolute Gasteiger partial charge is 0.233 e. The SMILES string of the molecule is CC(C)(O)c1cn(C[C@H]2C[C@@H]3CC[NH+]2C[C@@H]3C(=O)Nc2ccccc2)nn1. The second kappa shape index (κ2) is 7.05. The van der Waals surface area contributed by atoms with E-state index in [1.165, 1.54) is 4.90 Å². The lowest BCUT2D eigenvalue weighted by Gasteiger charge is -2.46. The van der Waals surface area contributed by atoms with Crippen molar-refractivity contribution < 1.29 is 14.8 Å². The van der Waals surface area contributed by atoms with Gasteiger partial charge in [-0.2, -0.15) is 0 Å². The van der Waals surface area contributed by atoms with Crippen molar-refractivity contribution in [3.8, 4) is 0 Å². The minimum atomic E-state index is -0.975. The summed E-state index contributed by atoms with van der Waals surface area (Å²) in [4.78, 5) is 14.2. The van der Waals surface area contributed by atoms with Crippen molar-refractivity contribution in [3.05, 3.63) is 42.2 Å². The fraction of sp³-hybridized carbons (Fsp3) is 0.550. The number of nitrogens with one attached hydrogen (secondary N) is 2. The average molecular weight is 370 g/mol. The van der Waals surface area contributed by atoms with Crippen LogP contribution in [0, 0.1) is 11.8 Å². The van der Waals surface area contributed by atoms with Crippen molar-refractivity contribution in [3.63, 3.8) is 0 Å². The summed E-state index contributed by atoms with van der Waals surface area (Å²) in [6.45, 7) is 6.20. The Bertz CT molecular complexity index is 798. The van der Waals surface area contributed by atoms with Gasteiger partial charge in [0.2, 0.25) is 5.91 Å². The molecule has 7 heteroatoms. The number of anilines is 1. The van der Waals surface area contributed by atoms with Gasteiger partial charge in [-0.15, -0.1) is 5.10 Å². The van der Waals surface area contributed by atoms with Crippen LogP contribution in [0.1, 0.15) is 32.4 Å². The number of carbonyl (C=O) groups is 1. The number of para-hydroxylation sites is 1. The highest BCUT2D eigenvalue weighted by atomic mass is 16.3. The summed E-state index contributed by atoms with van der Waals surface area (Å²) in [5.41, 5.74) is 0.484. The zero-order chi connectivity index (χ0) is 19.0. The summed E-state index contributed by atoms with van der Waals surface area (Å²) in [5.74, 6) is 0.647. The molecule has 0 aliphatic carbocycles. The quantitative estimate of drug-likeness (QED) is 0.713. The van der Waals surface area contributed by atoms with Crippen LogP contribution < -0.4 is 10.2 Å². The van der Waals surface area contributed by atoms with Gasteiger partial charge in [0.1, 0.15) is 17.3 Å². The van der Waals surface area contributed by atoms with Crippen LogP contribution in [0.25, 0.3) is 0 Å². The highest BCUT2D eigenvalue weighted by Crippen LogP contribution is 2.28. The number of hydrogen-bond donors (Lipinski definition) is 3. The molecule has 0 radical (unpaired) electrons. The molecule has 7 nitrogen and oxygen atoms in total. The topological polar surface area (TPSA) is 84.5 Å². The number of fused-ring (bicyclic) bond motifs is 3. The highest BCUT2D eigenvalue weighted by Gasteiger charge is 2.46. The van der Waals surface area contributed by atoms with Crippen LogP contribution in [0.15, 0.2) is 36.5 Å². The fourth-order valence-electron chi connectivity index (χ4n) is 4.47. The maximum Gasteiger partial charge on any atom is 0.233 e. The van der Waals surface area contributed by atoms with Crippen LogP contribution in [0.2, 0.25) is 0 Å². The first-order valence-corrected chi connectivity index (χ1v) is 9.73. The molecule has 0 spiro atoms. The Kier molecular flexibility index (Phi) is 4.74. The van der Waals surface area contributed by atoms with E-state index in [4.69, 9.17) is 0 Å². The Morgan fingerprint density at radius 3 is 2.78 bits per heavy atom. The number of nitrogens with zero attached hydrogens (tertiary/aromatic N) is 3. The van der Waals surface area contributed by atoms with Gasteiger partial charge in [0, 0.05) is 18.5 Å². The molecule has 1 aromatic carbocycles. The lowest BCUT2D eigenvalue weighted by molar-refractivity contribution is -0.945. The summed E-state index contributed by atoms with van der Waals surface area (Å²) in [5, 5.41) is 21.4. The number of rotatable bonds is 5. The molecule has 3 fully saturated rings. The van der Waals surface area contributed by atoms with Crippen LogP contribution in [-0.4, -0.2) is 45.1 Å². The van der Waals surface area contributed by atoms with Gasteiger partial charge in [-0.3, -0.25) is 4.79 Å². The number of piperidine rings is 3. The lowest BCUT2D eigenvalue weighted by Crippen LogP contribution is -3.20. The minimum absolute atomic E-state index is 0.0767. The van der Waals surface area contributed by atoms with E-state index < -0.39 is 5.60 Å². The van der Waals surface area contributed by atoms with Gasteiger partial charge in [0.25, 0.3) is 0 Å². The fourth-order valence-corrected chi connectivity index (χ4v) is 4.47. The van der Waals surface area contributed by atoms with Gasteiger partial charge < -0.3 is 15.3 Å². The lowest BCUT2D eigenvalue weighted by atomic mass is 9.75. The monoisotopic (exact) mass is 370 g/mol. The van der Waals surface area contributed by atoms with E-state index in [0.717, 1.165) is 38.2 Å². The van der Waals surface area contributed by atoms with Crippen molar-refractivity contribution in [2.24, 2.45) is 11.8 Å². The Morgan fingerprint density at radius 2 is 2.15 bits per heavy atom. The van der Waals surface area contributed by atoms with Crippen molar-refractivity contribution in [1.29, 1.82) is 0 Å². The highest BCUT2D eigenvalue weighted by molar-refractivity contribution is 5.92. The summed E-state index contributed by atoms with van der Waals surface area (Å²) in [7, 11) is 0. The molecule has 144 valence electrons. The van der Waals surface area contributed by atoms with Gasteiger partial charge >= 0.3 is 0 Å². The van der Waals surface area contributed by atoms with Crippen LogP contribution in [0.4, 0.5) is 5.69 Å². The number of hydrogen-bond acceptors (Lipinski definition) is 4. The van der Waals surface area contributed by atoms with Crippen LogP contribution in [0.3, 0.4) is 0 Å². The number of amides is 1. The number of carbonyl (C=O) groups excluding carboxylic acids is 1. The maximum absolute atomic E-state index is 12.8. The second-order valence-electron chi connectivity index (χ2n) is 8.44. The third-order valence-electron chi connectivity index (χ3n) is 6.00. The molecule has 3 aliphatic rings. The van der Waals surface area contributed by atoms with Gasteiger partial charge in [-0.05, 0) is 31.9 Å². The number of aliphatic hydroxyl groups is 1. The third kappa shape index (κ3) is 3.89. The molecule has 3 N–H and O–H groups in total. The second-order valence-corrected chi connectivity index (χ2v) is 8.44. The zero-order valence-corrected chi connectivity index (χ0v) is 15.9. The summed E-state index contributed by atoms with van der Waals surface area (Å²) >= 11 is 0. The van der Waals surface area contributed by atoms with Crippen LogP contribution in [-0.2, 0) is 16.9 Å². The molecule has 1 unspecified atom stereocenters. The molecule has 2 aromatic rings. The molecule has 1 amide bonds. The third-order valence-corrected chi connectivity index (χ3v) is 6.00. The van der Waals surface area contributed by atoms with Gasteiger partial charge in [-0.25, -0.2) is 4.68 Å². The van der Waals surface area contributed by atoms with E-state index in [1.54, 1.807) is 13.8 Å². The normalized spacial score (nSPS) is 27.5. The molecule has 2 bridgehead atoms. The van der Waals surface area contributed by atoms with E-state index in [9.17, 15) is 9.90 Å². The molecule has 5 rings (SSSR count). The molecule has 4 atom stereocenters. The van der Waals surface area contributed by atoms with E-state index in [1.807, 2.05) is 41.2 Å². The number of quaternary nitrogens is 1. The predicted molar refractivity (Wildman–Crippen MR) is 101 cm³/mol. The molecule has 4 heterocycles. The van der Waals surface area contributed by atoms with E-state index >= 15 is 0 Å². The summed E-state index contributed by atoms with van der Waals surface area (Å²) in [6.07, 6.45) is 3.97. The van der Waals surface area contributed by atoms with Crippen LogP contribution in [0.5, 0.6) is 0 Å². The largest absolute Gasteiger partial charge is 0.384 e. The summed E-state index contributed by atoms with van der Waals surface area (Å²) in [6, 6.07) is 10.1. The first kappa shape index (κ1) is 18.1. The number of benzene rings is 1. The van der Waals surface area contributed by atoms with Crippen molar-refractivity contribution in [1.82, 2.24) is 15.0 Å². The molecule has 27 heavy (non-hydrogen) atoms. The molecular weight excluding hydrogens is 342 g/mol. The van der Waals surface area contributed by atoms with Gasteiger partial charge in [0.05, 0.1) is 31.7 Å². The standard InChI is InChI=1S/C20H27N5O2/c1-20(2,27)18-13-25(23-22-18)11-16-10-14-8-9-24(16)12-17(14)19(26)21-15-6-4-3-5-7-15/h3-7,13-14,16-17,27H,8-12H2,1-2H3,(H,21,26)/p+1/t14-,16+,17-/m0/s1. The Hall–Kier alpha value is -2.25. The Balaban J connectivity index is 1.39. The van der Waals surface area contributed by atoms with Crippen molar-refractivity contribution in [2.75, 3.05) is 18.4 Å². The molecule has 3 aliphatic heterocycles. The molecule has 0 saturated carbocycles. The first-order valence-electron chi connectivity index (χ1n) is 9.73. The maximum atomic E-state index is 12.8. The van der Waals surface area contributed by atoms with Crippen LogP contribution >= 0.6 is 0 Å². The van der Waals surface area contributed by atoms with E-state index in [0.29, 0.717) is 17.7 Å². The summed E-state index contributed by atoms with van der Waals surface area (Å²) < 4.78 is 1.84. The molecular formula is C20H28N5O2+. The number of aromatic nitrogens is 3. The molecule has 1 aromatic heterocycles. The Morgan fingerprint density at radius 1 is 1.37 bits per heavy atom. The first-order chi connectivity index (χ1) is 12.9. The predicted octanol–water partition coefficient (Wildman–Crippen LogP) is 0.438. The zero-order valence-electron chi connectivity index (χ0n) is 15.9. The van der Waals surface area contributed by atoms with E-state index in [-0.39, 0.29) is 11.8 Å².